The van der Waals surface area contributed by atoms with Crippen molar-refractivity contribution in [3.05, 3.63) is 23.4 Å². The minimum atomic E-state index is 0.454. The Hall–Kier alpha value is -1.13. The first-order valence-corrected chi connectivity index (χ1v) is 8.33. The van der Waals surface area contributed by atoms with E-state index < -0.39 is 0 Å². The Morgan fingerprint density at radius 3 is 2.90 bits per heavy atom. The Balaban J connectivity index is 2.24. The summed E-state index contributed by atoms with van der Waals surface area (Å²) >= 11 is 0. The summed E-state index contributed by atoms with van der Waals surface area (Å²) in [5.74, 6) is 1.13. The van der Waals surface area contributed by atoms with Crippen molar-refractivity contribution in [2.75, 3.05) is 31.2 Å². The summed E-state index contributed by atoms with van der Waals surface area (Å²) in [4.78, 5) is 7.32. The van der Waals surface area contributed by atoms with E-state index in [1.165, 1.54) is 11.3 Å². The Morgan fingerprint density at radius 1 is 1.33 bits per heavy atom. The molecule has 0 spiro atoms. The third kappa shape index (κ3) is 4.42. The van der Waals surface area contributed by atoms with Crippen LogP contribution in [0.3, 0.4) is 0 Å². The van der Waals surface area contributed by atoms with E-state index in [-0.39, 0.29) is 0 Å². The van der Waals surface area contributed by atoms with Crippen LogP contribution in [0.1, 0.15) is 44.9 Å². The highest BCUT2D eigenvalue weighted by Crippen LogP contribution is 2.22. The van der Waals surface area contributed by atoms with E-state index in [0.29, 0.717) is 6.04 Å². The lowest BCUT2D eigenvalue weighted by Crippen LogP contribution is -2.45. The molecule has 1 unspecified atom stereocenters. The summed E-state index contributed by atoms with van der Waals surface area (Å²) < 4.78 is 5.62. The molecule has 1 aromatic heterocycles. The van der Waals surface area contributed by atoms with Crippen LogP contribution in [-0.2, 0) is 17.7 Å². The molecule has 1 N–H and O–H groups in total. The third-order valence-corrected chi connectivity index (χ3v) is 4.00. The molecule has 4 nitrogen and oxygen atoms in total. The minimum absolute atomic E-state index is 0.454. The van der Waals surface area contributed by atoms with Gasteiger partial charge in [-0.2, -0.15) is 0 Å². The molecule has 1 fully saturated rings. The maximum atomic E-state index is 5.62. The molecule has 1 aliphatic rings. The first-order chi connectivity index (χ1) is 10.3. The fraction of sp³-hybridized carbons (Fsp3) is 0.706. The van der Waals surface area contributed by atoms with Crippen molar-refractivity contribution in [1.82, 2.24) is 10.3 Å². The van der Waals surface area contributed by atoms with E-state index in [9.17, 15) is 0 Å². The SMILES string of the molecule is CCCc1cc(CNCC)cc(N2CCOCC2CC)n1. The van der Waals surface area contributed by atoms with Crippen molar-refractivity contribution >= 4 is 5.82 Å². The van der Waals surface area contributed by atoms with Crippen molar-refractivity contribution in [3.8, 4) is 0 Å². The van der Waals surface area contributed by atoms with Gasteiger partial charge in [0.1, 0.15) is 5.82 Å². The molecule has 2 rings (SSSR count). The number of anilines is 1. The van der Waals surface area contributed by atoms with Gasteiger partial charge in [0.25, 0.3) is 0 Å². The second kappa shape index (κ2) is 8.35. The predicted molar refractivity (Wildman–Crippen MR) is 87.9 cm³/mol. The van der Waals surface area contributed by atoms with Crippen LogP contribution in [0.5, 0.6) is 0 Å². The second-order valence-electron chi connectivity index (χ2n) is 5.69. The normalized spacial score (nSPS) is 19.0. The molecule has 0 saturated carbocycles. The molecule has 2 heterocycles. The van der Waals surface area contributed by atoms with E-state index in [2.05, 4.69) is 43.1 Å². The van der Waals surface area contributed by atoms with Crippen molar-refractivity contribution in [3.63, 3.8) is 0 Å². The molecule has 118 valence electrons. The summed E-state index contributed by atoms with van der Waals surface area (Å²) in [6.07, 6.45) is 3.29. The molecule has 0 bridgehead atoms. The molecule has 0 amide bonds. The van der Waals surface area contributed by atoms with Crippen molar-refractivity contribution < 1.29 is 4.74 Å². The summed E-state index contributed by atoms with van der Waals surface area (Å²) in [5.41, 5.74) is 2.55. The van der Waals surface area contributed by atoms with Gasteiger partial charge in [-0.15, -0.1) is 0 Å². The minimum Gasteiger partial charge on any atom is -0.377 e. The molecular weight excluding hydrogens is 262 g/mol. The molecule has 4 heteroatoms. The average Bonchev–Trinajstić information content (AvgIpc) is 2.53. The van der Waals surface area contributed by atoms with Gasteiger partial charge in [0, 0.05) is 18.8 Å². The zero-order valence-corrected chi connectivity index (χ0v) is 13.7. The summed E-state index contributed by atoms with van der Waals surface area (Å²) in [6, 6.07) is 4.95. The number of hydrogen-bond acceptors (Lipinski definition) is 4. The largest absolute Gasteiger partial charge is 0.377 e. The van der Waals surface area contributed by atoms with Gasteiger partial charge >= 0.3 is 0 Å². The van der Waals surface area contributed by atoms with Crippen LogP contribution >= 0.6 is 0 Å². The van der Waals surface area contributed by atoms with Gasteiger partial charge in [0.15, 0.2) is 0 Å². The highest BCUT2D eigenvalue weighted by atomic mass is 16.5. The lowest BCUT2D eigenvalue weighted by molar-refractivity contribution is 0.0925. The zero-order valence-electron chi connectivity index (χ0n) is 13.7. The van der Waals surface area contributed by atoms with E-state index in [0.717, 1.165) is 57.9 Å². The Kier molecular flexibility index (Phi) is 6.46. The van der Waals surface area contributed by atoms with Gasteiger partial charge in [-0.1, -0.05) is 27.2 Å². The van der Waals surface area contributed by atoms with Crippen LogP contribution in [0, 0.1) is 0 Å². The fourth-order valence-corrected chi connectivity index (χ4v) is 2.83. The van der Waals surface area contributed by atoms with Gasteiger partial charge < -0.3 is 15.0 Å². The van der Waals surface area contributed by atoms with Gasteiger partial charge in [0.2, 0.25) is 0 Å². The molecule has 0 aliphatic carbocycles. The zero-order chi connectivity index (χ0) is 15.1. The van der Waals surface area contributed by atoms with Crippen LogP contribution in [0.4, 0.5) is 5.82 Å². The van der Waals surface area contributed by atoms with Gasteiger partial charge in [0.05, 0.1) is 19.3 Å². The molecular formula is C17H29N3O. The quantitative estimate of drug-likeness (QED) is 0.838. The molecule has 1 atom stereocenters. The second-order valence-corrected chi connectivity index (χ2v) is 5.69. The maximum Gasteiger partial charge on any atom is 0.129 e. The van der Waals surface area contributed by atoms with Crippen LogP contribution in [0.15, 0.2) is 12.1 Å². The summed E-state index contributed by atoms with van der Waals surface area (Å²) in [5, 5.41) is 3.42. The van der Waals surface area contributed by atoms with Crippen LogP contribution < -0.4 is 10.2 Å². The number of pyridine rings is 1. The van der Waals surface area contributed by atoms with E-state index in [4.69, 9.17) is 9.72 Å². The van der Waals surface area contributed by atoms with E-state index in [1.54, 1.807) is 0 Å². The van der Waals surface area contributed by atoms with E-state index in [1.807, 2.05) is 0 Å². The topological polar surface area (TPSA) is 37.4 Å². The summed E-state index contributed by atoms with van der Waals surface area (Å²) in [6.45, 7) is 11.1. The number of ether oxygens (including phenoxy) is 1. The van der Waals surface area contributed by atoms with E-state index >= 15 is 0 Å². The van der Waals surface area contributed by atoms with Gasteiger partial charge in [-0.05, 0) is 37.1 Å². The molecule has 0 radical (unpaired) electrons. The smallest absolute Gasteiger partial charge is 0.129 e. The molecule has 1 saturated heterocycles. The first-order valence-electron chi connectivity index (χ1n) is 8.33. The number of nitrogens with one attached hydrogen (secondary N) is 1. The lowest BCUT2D eigenvalue weighted by Gasteiger charge is -2.36. The predicted octanol–water partition coefficient (Wildman–Crippen LogP) is 2.76. The van der Waals surface area contributed by atoms with Crippen LogP contribution in [-0.4, -0.2) is 37.3 Å². The molecule has 0 aromatic carbocycles. The fourth-order valence-electron chi connectivity index (χ4n) is 2.83. The summed E-state index contributed by atoms with van der Waals surface area (Å²) in [7, 11) is 0. The first kappa shape index (κ1) is 16.2. The lowest BCUT2D eigenvalue weighted by atomic mass is 10.1. The Bertz CT molecular complexity index is 436. The number of nitrogens with zero attached hydrogens (tertiary/aromatic N) is 2. The Morgan fingerprint density at radius 2 is 2.19 bits per heavy atom. The van der Waals surface area contributed by atoms with Gasteiger partial charge in [-0.25, -0.2) is 4.98 Å². The monoisotopic (exact) mass is 291 g/mol. The van der Waals surface area contributed by atoms with Crippen LogP contribution in [0.2, 0.25) is 0 Å². The highest BCUT2D eigenvalue weighted by Gasteiger charge is 2.23. The number of aromatic nitrogens is 1. The average molecular weight is 291 g/mol. The standard InChI is InChI=1S/C17H29N3O/c1-4-7-15-10-14(12-18-6-3)11-17(19-15)20-8-9-21-13-16(20)5-2/h10-11,16,18H,4-9,12-13H2,1-3H3. The number of rotatable bonds is 7. The molecule has 21 heavy (non-hydrogen) atoms. The maximum absolute atomic E-state index is 5.62. The Labute approximate surface area is 128 Å². The number of hydrogen-bond donors (Lipinski definition) is 1. The molecule has 1 aromatic rings. The highest BCUT2D eigenvalue weighted by molar-refractivity contribution is 5.44. The number of morpholine rings is 1. The van der Waals surface area contributed by atoms with Crippen molar-refractivity contribution in [1.29, 1.82) is 0 Å². The molecule has 1 aliphatic heterocycles. The third-order valence-electron chi connectivity index (χ3n) is 4.00. The number of aryl methyl sites for hydroxylation is 1. The van der Waals surface area contributed by atoms with Crippen LogP contribution in [0.25, 0.3) is 0 Å². The van der Waals surface area contributed by atoms with Gasteiger partial charge in [-0.3, -0.25) is 0 Å². The van der Waals surface area contributed by atoms with Crippen molar-refractivity contribution in [2.24, 2.45) is 0 Å². The van der Waals surface area contributed by atoms with Crippen molar-refractivity contribution in [2.45, 2.75) is 52.6 Å².